The number of piperidine rings is 1. The van der Waals surface area contributed by atoms with Crippen molar-refractivity contribution in [3.63, 3.8) is 0 Å². The molecule has 35 heavy (non-hydrogen) atoms. The molecular weight excluding hydrogens is 428 g/mol. The highest BCUT2D eigenvalue weighted by Gasteiger charge is 2.29. The lowest BCUT2D eigenvalue weighted by molar-refractivity contribution is 0.478. The number of fused-ring (bicyclic) bond motifs is 1. The number of rotatable bonds is 4. The van der Waals surface area contributed by atoms with Crippen LogP contribution in [0.3, 0.4) is 0 Å². The van der Waals surface area contributed by atoms with Gasteiger partial charge in [0.15, 0.2) is 5.82 Å². The molecule has 3 aromatic rings. The van der Waals surface area contributed by atoms with E-state index in [4.69, 9.17) is 9.97 Å². The summed E-state index contributed by atoms with van der Waals surface area (Å²) in [5.41, 5.74) is 10.3. The highest BCUT2D eigenvalue weighted by Crippen LogP contribution is 2.36. The SMILES string of the molecule is Cc1ccc(C)c(-c2nc3c(c(N4CCCC[C@H]4C)n2)CN(c2cc(C(C)C)ccc2C)CC3)c1. The molecule has 5 rings (SSSR count). The van der Waals surface area contributed by atoms with E-state index in [1.165, 1.54) is 69.8 Å². The first-order chi connectivity index (χ1) is 16.8. The lowest BCUT2D eigenvalue weighted by Gasteiger charge is -2.39. The molecular formula is C31H40N4. The van der Waals surface area contributed by atoms with Crippen LogP contribution in [0.4, 0.5) is 11.5 Å². The summed E-state index contributed by atoms with van der Waals surface area (Å²) in [6, 6.07) is 14.1. The van der Waals surface area contributed by atoms with Gasteiger partial charge >= 0.3 is 0 Å². The predicted molar refractivity (Wildman–Crippen MR) is 148 cm³/mol. The van der Waals surface area contributed by atoms with Crippen LogP contribution in [0.2, 0.25) is 0 Å². The quantitative estimate of drug-likeness (QED) is 0.407. The van der Waals surface area contributed by atoms with Gasteiger partial charge in [-0.3, -0.25) is 0 Å². The first-order valence-electron chi connectivity index (χ1n) is 13.4. The number of aromatic nitrogens is 2. The lowest BCUT2D eigenvalue weighted by Crippen LogP contribution is -2.41. The third-order valence-corrected chi connectivity index (χ3v) is 7.99. The van der Waals surface area contributed by atoms with Crippen LogP contribution in [0.5, 0.6) is 0 Å². The maximum Gasteiger partial charge on any atom is 0.162 e. The molecule has 0 bridgehead atoms. The number of nitrogens with zero attached hydrogens (tertiary/aromatic N) is 4. The minimum atomic E-state index is 0.510. The third-order valence-electron chi connectivity index (χ3n) is 7.99. The van der Waals surface area contributed by atoms with Gasteiger partial charge in [-0.05, 0) is 81.7 Å². The van der Waals surface area contributed by atoms with Crippen LogP contribution >= 0.6 is 0 Å². The molecule has 2 aliphatic rings. The Labute approximate surface area is 211 Å². The molecule has 0 spiro atoms. The van der Waals surface area contributed by atoms with Crippen molar-refractivity contribution in [2.24, 2.45) is 0 Å². The summed E-state index contributed by atoms with van der Waals surface area (Å²) >= 11 is 0. The second-order valence-electron chi connectivity index (χ2n) is 11.0. The molecule has 0 unspecified atom stereocenters. The molecule has 1 saturated heterocycles. The van der Waals surface area contributed by atoms with E-state index in [1.807, 2.05) is 0 Å². The standard InChI is InChI=1S/C31H40N4/c1-20(2)25-13-12-23(5)29(18-25)34-16-14-28-27(19-34)31(35-15-8-7-9-24(35)6)33-30(32-28)26-17-21(3)10-11-22(26)4/h10-13,17-18,20,24H,7-9,14-16,19H2,1-6H3/t24-/m1/s1. The predicted octanol–water partition coefficient (Wildman–Crippen LogP) is 7.13. The van der Waals surface area contributed by atoms with Gasteiger partial charge < -0.3 is 9.80 Å². The van der Waals surface area contributed by atoms with Gasteiger partial charge in [0.2, 0.25) is 0 Å². The minimum absolute atomic E-state index is 0.510. The molecule has 0 amide bonds. The Kier molecular flexibility index (Phi) is 6.57. The summed E-state index contributed by atoms with van der Waals surface area (Å²) < 4.78 is 0. The summed E-state index contributed by atoms with van der Waals surface area (Å²) in [6.07, 6.45) is 4.73. The van der Waals surface area contributed by atoms with Gasteiger partial charge in [-0.2, -0.15) is 0 Å². The largest absolute Gasteiger partial charge is 0.366 e. The Morgan fingerprint density at radius 2 is 1.71 bits per heavy atom. The van der Waals surface area contributed by atoms with Gasteiger partial charge in [-0.15, -0.1) is 0 Å². The number of anilines is 2. The van der Waals surface area contributed by atoms with Crippen LogP contribution in [0, 0.1) is 20.8 Å². The number of hydrogen-bond acceptors (Lipinski definition) is 4. The Bertz CT molecular complexity index is 1230. The van der Waals surface area contributed by atoms with Crippen LogP contribution < -0.4 is 9.80 Å². The normalized spacial score (nSPS) is 18.2. The van der Waals surface area contributed by atoms with Gasteiger partial charge in [0.05, 0.1) is 5.69 Å². The number of aryl methyl sites for hydroxylation is 3. The van der Waals surface area contributed by atoms with Gasteiger partial charge in [-0.25, -0.2) is 9.97 Å². The van der Waals surface area contributed by atoms with Crippen molar-refractivity contribution in [3.05, 3.63) is 69.9 Å². The number of hydrogen-bond donors (Lipinski definition) is 0. The average molecular weight is 469 g/mol. The van der Waals surface area contributed by atoms with Gasteiger partial charge in [-0.1, -0.05) is 43.7 Å². The van der Waals surface area contributed by atoms with Gasteiger partial charge in [0, 0.05) is 48.9 Å². The van der Waals surface area contributed by atoms with E-state index in [0.29, 0.717) is 12.0 Å². The first kappa shape index (κ1) is 23.8. The Morgan fingerprint density at radius 3 is 2.49 bits per heavy atom. The van der Waals surface area contributed by atoms with Crippen molar-refractivity contribution in [3.8, 4) is 11.4 Å². The summed E-state index contributed by atoms with van der Waals surface area (Å²) in [6.45, 7) is 16.4. The third kappa shape index (κ3) is 4.68. The molecule has 2 aromatic carbocycles. The zero-order valence-corrected chi connectivity index (χ0v) is 22.4. The van der Waals surface area contributed by atoms with Gasteiger partial charge in [0.1, 0.15) is 5.82 Å². The van der Waals surface area contributed by atoms with E-state index in [1.54, 1.807) is 0 Å². The summed E-state index contributed by atoms with van der Waals surface area (Å²) in [5.74, 6) is 2.59. The summed E-state index contributed by atoms with van der Waals surface area (Å²) in [4.78, 5) is 15.6. The average Bonchev–Trinajstić information content (AvgIpc) is 2.85. The van der Waals surface area contributed by atoms with E-state index >= 15 is 0 Å². The molecule has 1 fully saturated rings. The molecule has 0 N–H and O–H groups in total. The highest BCUT2D eigenvalue weighted by atomic mass is 15.2. The van der Waals surface area contributed by atoms with Crippen LogP contribution in [-0.4, -0.2) is 29.1 Å². The molecule has 0 radical (unpaired) electrons. The fourth-order valence-corrected chi connectivity index (χ4v) is 5.68. The Hall–Kier alpha value is -2.88. The van der Waals surface area contributed by atoms with E-state index in [0.717, 1.165) is 31.9 Å². The van der Waals surface area contributed by atoms with Crippen molar-refractivity contribution in [2.75, 3.05) is 22.9 Å². The topological polar surface area (TPSA) is 32.3 Å². The molecule has 4 heteroatoms. The van der Waals surface area contributed by atoms with E-state index < -0.39 is 0 Å². The molecule has 1 aromatic heterocycles. The molecule has 0 aliphatic carbocycles. The summed E-state index contributed by atoms with van der Waals surface area (Å²) in [5, 5.41) is 0. The molecule has 2 aliphatic heterocycles. The van der Waals surface area contributed by atoms with Crippen LogP contribution in [-0.2, 0) is 13.0 Å². The zero-order valence-electron chi connectivity index (χ0n) is 22.4. The van der Waals surface area contributed by atoms with Crippen molar-refractivity contribution in [2.45, 2.75) is 85.7 Å². The van der Waals surface area contributed by atoms with Crippen LogP contribution in [0.15, 0.2) is 36.4 Å². The lowest BCUT2D eigenvalue weighted by atomic mass is 9.97. The second-order valence-corrected chi connectivity index (χ2v) is 11.0. The summed E-state index contributed by atoms with van der Waals surface area (Å²) in [7, 11) is 0. The number of benzene rings is 2. The van der Waals surface area contributed by atoms with Crippen LogP contribution in [0.25, 0.3) is 11.4 Å². The molecule has 0 saturated carbocycles. The smallest absolute Gasteiger partial charge is 0.162 e. The molecule has 4 nitrogen and oxygen atoms in total. The van der Waals surface area contributed by atoms with Crippen LogP contribution in [0.1, 0.15) is 79.5 Å². The first-order valence-corrected chi connectivity index (χ1v) is 13.4. The zero-order chi connectivity index (χ0) is 24.7. The highest BCUT2D eigenvalue weighted by molar-refractivity contribution is 5.67. The Morgan fingerprint density at radius 1 is 0.914 bits per heavy atom. The van der Waals surface area contributed by atoms with Gasteiger partial charge in [0.25, 0.3) is 0 Å². The van der Waals surface area contributed by atoms with E-state index in [2.05, 4.69) is 87.7 Å². The molecule has 3 heterocycles. The van der Waals surface area contributed by atoms with Crippen molar-refractivity contribution < 1.29 is 0 Å². The van der Waals surface area contributed by atoms with Crippen molar-refractivity contribution in [1.29, 1.82) is 0 Å². The van der Waals surface area contributed by atoms with Crippen molar-refractivity contribution in [1.82, 2.24) is 9.97 Å². The molecule has 184 valence electrons. The maximum atomic E-state index is 5.32. The minimum Gasteiger partial charge on any atom is -0.366 e. The maximum absolute atomic E-state index is 5.32. The molecule has 1 atom stereocenters. The van der Waals surface area contributed by atoms with E-state index in [9.17, 15) is 0 Å². The fraction of sp³-hybridized carbons (Fsp3) is 0.484. The monoisotopic (exact) mass is 468 g/mol. The fourth-order valence-electron chi connectivity index (χ4n) is 5.68. The Balaban J connectivity index is 1.61. The van der Waals surface area contributed by atoms with Crippen molar-refractivity contribution >= 4 is 11.5 Å². The van der Waals surface area contributed by atoms with E-state index in [-0.39, 0.29) is 0 Å². The second kappa shape index (κ2) is 9.64.